The van der Waals surface area contributed by atoms with Gasteiger partial charge in [-0.15, -0.1) is 0 Å². The standard InChI is InChI=1S/C25H29F3N4O2/c26-25(27,28)20-5-7-23(29-15-20)34-22-6-4-19-16-30(9-8-18(19)14-22)17-24(33)32-12-10-31(11-13-32)21-2-1-3-21/h4-7,14-15,21H,1-3,8-13,16-17H2. The maximum Gasteiger partial charge on any atom is 0.417 e. The zero-order chi connectivity index (χ0) is 23.7. The van der Waals surface area contributed by atoms with E-state index in [0.29, 0.717) is 18.8 Å². The first-order valence-corrected chi connectivity index (χ1v) is 11.9. The van der Waals surface area contributed by atoms with Gasteiger partial charge in [0.2, 0.25) is 11.8 Å². The van der Waals surface area contributed by atoms with E-state index in [-0.39, 0.29) is 11.8 Å². The quantitative estimate of drug-likeness (QED) is 0.657. The van der Waals surface area contributed by atoms with Crippen molar-refractivity contribution in [2.45, 2.75) is 44.4 Å². The van der Waals surface area contributed by atoms with E-state index < -0.39 is 11.7 Å². The lowest BCUT2D eigenvalue weighted by molar-refractivity contribution is -0.138. The summed E-state index contributed by atoms with van der Waals surface area (Å²) >= 11 is 0. The monoisotopic (exact) mass is 474 g/mol. The van der Waals surface area contributed by atoms with E-state index in [1.807, 2.05) is 17.0 Å². The molecule has 1 amide bonds. The highest BCUT2D eigenvalue weighted by Crippen LogP contribution is 2.31. The van der Waals surface area contributed by atoms with Crippen molar-refractivity contribution in [3.05, 3.63) is 53.2 Å². The number of benzene rings is 1. The van der Waals surface area contributed by atoms with Gasteiger partial charge in [0.1, 0.15) is 5.75 Å². The summed E-state index contributed by atoms with van der Waals surface area (Å²) in [4.78, 5) is 23.3. The number of rotatable bonds is 5. The average molecular weight is 475 g/mol. The first-order chi connectivity index (χ1) is 16.3. The Morgan fingerprint density at radius 2 is 1.82 bits per heavy atom. The Morgan fingerprint density at radius 1 is 1.03 bits per heavy atom. The van der Waals surface area contributed by atoms with E-state index in [4.69, 9.17) is 4.74 Å². The fourth-order valence-corrected chi connectivity index (χ4v) is 4.89. The van der Waals surface area contributed by atoms with Crippen molar-refractivity contribution in [1.82, 2.24) is 19.7 Å². The summed E-state index contributed by atoms with van der Waals surface area (Å²) in [5, 5.41) is 0. The summed E-state index contributed by atoms with van der Waals surface area (Å²) in [6.07, 6.45) is 1.07. The SMILES string of the molecule is O=C(CN1CCc2cc(Oc3ccc(C(F)(F)F)cn3)ccc2C1)N1CCN(C2CCC2)CC1. The van der Waals surface area contributed by atoms with Gasteiger partial charge < -0.3 is 9.64 Å². The zero-order valence-corrected chi connectivity index (χ0v) is 19.1. The Labute approximate surface area is 197 Å². The Hall–Kier alpha value is -2.65. The number of carbonyl (C=O) groups excluding carboxylic acids is 1. The highest BCUT2D eigenvalue weighted by Gasteiger charge is 2.31. The second-order valence-electron chi connectivity index (χ2n) is 9.38. The van der Waals surface area contributed by atoms with E-state index in [9.17, 15) is 18.0 Å². The van der Waals surface area contributed by atoms with Crippen molar-refractivity contribution in [2.75, 3.05) is 39.3 Å². The number of fused-ring (bicyclic) bond motifs is 1. The Morgan fingerprint density at radius 3 is 2.47 bits per heavy atom. The molecule has 0 radical (unpaired) electrons. The Kier molecular flexibility index (Phi) is 6.48. The van der Waals surface area contributed by atoms with Crippen molar-refractivity contribution in [3.63, 3.8) is 0 Å². The third-order valence-electron chi connectivity index (χ3n) is 7.17. The summed E-state index contributed by atoms with van der Waals surface area (Å²) in [5.74, 6) is 0.860. The molecular formula is C25H29F3N4O2. The minimum atomic E-state index is -4.42. The van der Waals surface area contributed by atoms with Crippen LogP contribution in [0.1, 0.15) is 36.0 Å². The number of aromatic nitrogens is 1. The van der Waals surface area contributed by atoms with Crippen molar-refractivity contribution in [1.29, 1.82) is 0 Å². The number of nitrogens with zero attached hydrogens (tertiary/aromatic N) is 4. The zero-order valence-electron chi connectivity index (χ0n) is 19.1. The van der Waals surface area contributed by atoms with E-state index in [1.54, 1.807) is 6.07 Å². The molecule has 2 fully saturated rings. The fourth-order valence-electron chi connectivity index (χ4n) is 4.89. The van der Waals surface area contributed by atoms with Gasteiger partial charge in [-0.3, -0.25) is 14.6 Å². The Bertz CT molecular complexity index is 1020. The molecule has 6 nitrogen and oxygen atoms in total. The molecule has 1 aliphatic carbocycles. The molecule has 0 atom stereocenters. The third-order valence-corrected chi connectivity index (χ3v) is 7.17. The maximum absolute atomic E-state index is 12.9. The van der Waals surface area contributed by atoms with Crippen LogP contribution in [0.2, 0.25) is 0 Å². The maximum atomic E-state index is 12.9. The van der Waals surface area contributed by atoms with Gasteiger partial charge in [-0.2, -0.15) is 13.2 Å². The van der Waals surface area contributed by atoms with Crippen LogP contribution in [0.25, 0.3) is 0 Å². The number of pyridine rings is 1. The van der Waals surface area contributed by atoms with Gasteiger partial charge in [-0.25, -0.2) is 4.98 Å². The predicted molar refractivity (Wildman–Crippen MR) is 121 cm³/mol. The number of alkyl halides is 3. The minimum absolute atomic E-state index is 0.119. The van der Waals surface area contributed by atoms with E-state index in [2.05, 4.69) is 14.8 Å². The Balaban J connectivity index is 1.13. The molecule has 1 saturated heterocycles. The number of amides is 1. The second-order valence-corrected chi connectivity index (χ2v) is 9.38. The van der Waals surface area contributed by atoms with Gasteiger partial charge in [-0.1, -0.05) is 12.5 Å². The van der Waals surface area contributed by atoms with Gasteiger partial charge in [0.25, 0.3) is 0 Å². The topological polar surface area (TPSA) is 48.9 Å². The van der Waals surface area contributed by atoms with Crippen LogP contribution >= 0.6 is 0 Å². The van der Waals surface area contributed by atoms with Gasteiger partial charge in [0, 0.05) is 57.6 Å². The summed E-state index contributed by atoms with van der Waals surface area (Å²) in [6.45, 7) is 5.50. The van der Waals surface area contributed by atoms with Crippen molar-refractivity contribution >= 4 is 5.91 Å². The summed E-state index contributed by atoms with van der Waals surface area (Å²) in [6, 6.07) is 8.59. The number of hydrogen-bond acceptors (Lipinski definition) is 5. The predicted octanol–water partition coefficient (Wildman–Crippen LogP) is 3.95. The lowest BCUT2D eigenvalue weighted by Crippen LogP contribution is -2.55. The smallest absolute Gasteiger partial charge is 0.417 e. The van der Waals surface area contributed by atoms with Crippen LogP contribution in [0.5, 0.6) is 11.6 Å². The molecule has 182 valence electrons. The van der Waals surface area contributed by atoms with E-state index >= 15 is 0 Å². The van der Waals surface area contributed by atoms with Crippen LogP contribution in [-0.2, 0) is 23.9 Å². The molecule has 0 bridgehead atoms. The molecule has 1 aromatic carbocycles. The highest BCUT2D eigenvalue weighted by atomic mass is 19.4. The van der Waals surface area contributed by atoms with E-state index in [0.717, 1.165) is 68.6 Å². The third kappa shape index (κ3) is 5.20. The van der Waals surface area contributed by atoms with Crippen molar-refractivity contribution in [3.8, 4) is 11.6 Å². The molecule has 0 N–H and O–H groups in total. The second kappa shape index (κ2) is 9.54. The fraction of sp³-hybridized carbons (Fsp3) is 0.520. The van der Waals surface area contributed by atoms with Crippen LogP contribution in [0.15, 0.2) is 36.5 Å². The average Bonchev–Trinajstić information content (AvgIpc) is 2.78. The van der Waals surface area contributed by atoms with Crippen LogP contribution in [0.4, 0.5) is 13.2 Å². The molecule has 34 heavy (non-hydrogen) atoms. The number of ether oxygens (including phenoxy) is 1. The van der Waals surface area contributed by atoms with Crippen molar-refractivity contribution < 1.29 is 22.7 Å². The summed E-state index contributed by atoms with van der Waals surface area (Å²) in [5.41, 5.74) is 1.46. The minimum Gasteiger partial charge on any atom is -0.439 e. The number of halogens is 3. The number of hydrogen-bond donors (Lipinski definition) is 0. The first kappa shape index (κ1) is 23.1. The van der Waals surface area contributed by atoms with Crippen LogP contribution in [0, 0.1) is 0 Å². The van der Waals surface area contributed by atoms with Crippen LogP contribution in [0.3, 0.4) is 0 Å². The van der Waals surface area contributed by atoms with Crippen LogP contribution in [-0.4, -0.2) is 70.9 Å². The normalized spacial score (nSPS) is 20.0. The van der Waals surface area contributed by atoms with Gasteiger partial charge in [0.15, 0.2) is 0 Å². The molecule has 1 aromatic heterocycles. The molecule has 5 rings (SSSR count). The lowest BCUT2D eigenvalue weighted by Gasteiger charge is -2.43. The van der Waals surface area contributed by atoms with Crippen LogP contribution < -0.4 is 4.74 Å². The van der Waals surface area contributed by atoms with Gasteiger partial charge >= 0.3 is 6.18 Å². The summed E-state index contributed by atoms with van der Waals surface area (Å²) < 4.78 is 43.8. The lowest BCUT2D eigenvalue weighted by atomic mass is 9.91. The molecule has 2 aromatic rings. The largest absolute Gasteiger partial charge is 0.439 e. The molecule has 9 heteroatoms. The van der Waals surface area contributed by atoms with Gasteiger partial charge in [0.05, 0.1) is 12.1 Å². The molecule has 1 saturated carbocycles. The molecule has 0 unspecified atom stereocenters. The summed E-state index contributed by atoms with van der Waals surface area (Å²) in [7, 11) is 0. The van der Waals surface area contributed by atoms with E-state index in [1.165, 1.54) is 25.3 Å². The molecule has 3 heterocycles. The molecule has 0 spiro atoms. The van der Waals surface area contributed by atoms with Gasteiger partial charge in [-0.05, 0) is 48.6 Å². The first-order valence-electron chi connectivity index (χ1n) is 11.9. The number of carbonyl (C=O) groups is 1. The molecule has 2 aliphatic heterocycles. The molecular weight excluding hydrogens is 445 g/mol. The number of piperazine rings is 1. The molecule has 3 aliphatic rings. The highest BCUT2D eigenvalue weighted by molar-refractivity contribution is 5.78. The van der Waals surface area contributed by atoms with Crippen molar-refractivity contribution in [2.24, 2.45) is 0 Å².